The summed E-state index contributed by atoms with van der Waals surface area (Å²) in [6.45, 7) is 1.98. The Morgan fingerprint density at radius 2 is 1.81 bits per heavy atom. The predicted molar refractivity (Wildman–Crippen MR) is 108 cm³/mol. The molecule has 0 aliphatic heterocycles. The summed E-state index contributed by atoms with van der Waals surface area (Å²) in [5, 5.41) is 7.80. The van der Waals surface area contributed by atoms with Crippen LogP contribution in [0.15, 0.2) is 53.3 Å². The molecule has 1 aliphatic rings. The molecule has 4 rings (SSSR count). The molecule has 2 heterocycles. The second kappa shape index (κ2) is 7.64. The highest BCUT2D eigenvalue weighted by molar-refractivity contribution is 9.10. The van der Waals surface area contributed by atoms with E-state index in [1.54, 1.807) is 12.4 Å². The van der Waals surface area contributed by atoms with Crippen LogP contribution in [0, 0.1) is 0 Å². The summed E-state index contributed by atoms with van der Waals surface area (Å²) in [5.41, 5.74) is 4.81. The molecule has 1 unspecified atom stereocenters. The number of hydrogen-bond donors (Lipinski definition) is 1. The predicted octanol–water partition coefficient (Wildman–Crippen LogP) is 4.40. The Labute approximate surface area is 167 Å². The van der Waals surface area contributed by atoms with E-state index in [9.17, 15) is 4.79 Å². The van der Waals surface area contributed by atoms with E-state index in [0.717, 1.165) is 52.7 Å². The SMILES string of the molecule is CC(NC(=O)c1nn(-c2ccc(Br)cc2)c2c1CCCC2)c1ccncc1. The largest absolute Gasteiger partial charge is 0.344 e. The summed E-state index contributed by atoms with van der Waals surface area (Å²) in [4.78, 5) is 17.0. The summed E-state index contributed by atoms with van der Waals surface area (Å²) >= 11 is 3.47. The summed E-state index contributed by atoms with van der Waals surface area (Å²) in [6.07, 6.45) is 7.55. The number of amides is 1. The van der Waals surface area contributed by atoms with Crippen LogP contribution >= 0.6 is 15.9 Å². The smallest absolute Gasteiger partial charge is 0.272 e. The van der Waals surface area contributed by atoms with Gasteiger partial charge >= 0.3 is 0 Å². The molecule has 1 N–H and O–H groups in total. The molecule has 1 atom stereocenters. The Bertz CT molecular complexity index is 950. The van der Waals surface area contributed by atoms with Crippen LogP contribution in [0.1, 0.15) is 53.1 Å². The molecule has 2 aromatic heterocycles. The summed E-state index contributed by atoms with van der Waals surface area (Å²) in [5.74, 6) is -0.117. The average Bonchev–Trinajstić information content (AvgIpc) is 3.09. The van der Waals surface area contributed by atoms with Crippen LogP contribution in [0.25, 0.3) is 5.69 Å². The molecular weight excluding hydrogens is 404 g/mol. The lowest BCUT2D eigenvalue weighted by atomic mass is 9.95. The number of carbonyl (C=O) groups is 1. The van der Waals surface area contributed by atoms with Gasteiger partial charge in [0.1, 0.15) is 0 Å². The van der Waals surface area contributed by atoms with E-state index in [1.165, 1.54) is 0 Å². The Kier molecular flexibility index (Phi) is 5.07. The maximum Gasteiger partial charge on any atom is 0.272 e. The first-order valence-electron chi connectivity index (χ1n) is 9.21. The lowest BCUT2D eigenvalue weighted by molar-refractivity contribution is 0.0933. The van der Waals surface area contributed by atoms with Crippen LogP contribution in [-0.2, 0) is 12.8 Å². The third-order valence-corrected chi connectivity index (χ3v) is 5.55. The van der Waals surface area contributed by atoms with Gasteiger partial charge in [0.15, 0.2) is 5.69 Å². The Morgan fingerprint density at radius 1 is 1.11 bits per heavy atom. The van der Waals surface area contributed by atoms with Crippen molar-refractivity contribution in [3.8, 4) is 5.69 Å². The molecule has 0 saturated carbocycles. The highest BCUT2D eigenvalue weighted by Gasteiger charge is 2.26. The number of halogens is 1. The van der Waals surface area contributed by atoms with Crippen LogP contribution in [0.2, 0.25) is 0 Å². The van der Waals surface area contributed by atoms with Crippen LogP contribution in [0.4, 0.5) is 0 Å². The van der Waals surface area contributed by atoms with Gasteiger partial charge in [0.25, 0.3) is 5.91 Å². The molecule has 6 heteroatoms. The molecule has 138 valence electrons. The van der Waals surface area contributed by atoms with Crippen molar-refractivity contribution in [3.63, 3.8) is 0 Å². The summed E-state index contributed by atoms with van der Waals surface area (Å²) in [7, 11) is 0. The molecule has 0 fully saturated rings. The van der Waals surface area contributed by atoms with E-state index in [4.69, 9.17) is 5.10 Å². The van der Waals surface area contributed by atoms with E-state index in [1.807, 2.05) is 48.0 Å². The lowest BCUT2D eigenvalue weighted by Crippen LogP contribution is -2.28. The number of carbonyl (C=O) groups excluding carboxylic acids is 1. The minimum atomic E-state index is -0.117. The Hall–Kier alpha value is -2.47. The third kappa shape index (κ3) is 3.67. The third-order valence-electron chi connectivity index (χ3n) is 5.02. The van der Waals surface area contributed by atoms with Crippen molar-refractivity contribution < 1.29 is 4.79 Å². The molecule has 0 bridgehead atoms. The maximum absolute atomic E-state index is 13.0. The fourth-order valence-electron chi connectivity index (χ4n) is 3.58. The second-order valence-electron chi connectivity index (χ2n) is 6.84. The molecule has 1 aliphatic carbocycles. The van der Waals surface area contributed by atoms with Gasteiger partial charge in [0.05, 0.1) is 11.7 Å². The van der Waals surface area contributed by atoms with E-state index in [-0.39, 0.29) is 11.9 Å². The summed E-state index contributed by atoms with van der Waals surface area (Å²) < 4.78 is 2.96. The van der Waals surface area contributed by atoms with Gasteiger partial charge in [-0.1, -0.05) is 15.9 Å². The van der Waals surface area contributed by atoms with E-state index in [0.29, 0.717) is 5.69 Å². The highest BCUT2D eigenvalue weighted by Crippen LogP contribution is 2.28. The molecular formula is C21H21BrN4O. The maximum atomic E-state index is 13.0. The van der Waals surface area contributed by atoms with E-state index >= 15 is 0 Å². The van der Waals surface area contributed by atoms with Crippen molar-refractivity contribution in [2.24, 2.45) is 0 Å². The van der Waals surface area contributed by atoms with Gasteiger partial charge in [-0.2, -0.15) is 5.10 Å². The van der Waals surface area contributed by atoms with Gasteiger partial charge in [-0.15, -0.1) is 0 Å². The van der Waals surface area contributed by atoms with Gasteiger partial charge in [-0.05, 0) is 74.6 Å². The zero-order valence-electron chi connectivity index (χ0n) is 15.2. The number of rotatable bonds is 4. The normalized spacial score (nSPS) is 14.4. The van der Waals surface area contributed by atoms with Gasteiger partial charge in [0.2, 0.25) is 0 Å². The number of nitrogens with zero attached hydrogens (tertiary/aromatic N) is 3. The fraction of sp³-hybridized carbons (Fsp3) is 0.286. The molecule has 0 spiro atoms. The number of benzene rings is 1. The van der Waals surface area contributed by atoms with Gasteiger partial charge < -0.3 is 5.32 Å². The first-order chi connectivity index (χ1) is 13.1. The van der Waals surface area contributed by atoms with Gasteiger partial charge in [0, 0.05) is 28.1 Å². The minimum Gasteiger partial charge on any atom is -0.344 e. The zero-order chi connectivity index (χ0) is 18.8. The number of pyridine rings is 1. The first kappa shape index (κ1) is 17.9. The minimum absolute atomic E-state index is 0.0995. The van der Waals surface area contributed by atoms with Crippen LogP contribution < -0.4 is 5.32 Å². The van der Waals surface area contributed by atoms with Crippen LogP contribution in [-0.4, -0.2) is 20.7 Å². The second-order valence-corrected chi connectivity index (χ2v) is 7.76. The van der Waals surface area contributed by atoms with Crippen LogP contribution in [0.3, 0.4) is 0 Å². The van der Waals surface area contributed by atoms with E-state index < -0.39 is 0 Å². The monoisotopic (exact) mass is 424 g/mol. The van der Waals surface area contributed by atoms with Crippen molar-refractivity contribution >= 4 is 21.8 Å². The molecule has 1 amide bonds. The number of nitrogens with one attached hydrogen (secondary N) is 1. The lowest BCUT2D eigenvalue weighted by Gasteiger charge is -2.15. The highest BCUT2D eigenvalue weighted by atomic mass is 79.9. The standard InChI is InChI=1S/C21H21BrN4O/c1-14(15-10-12-23-13-11-15)24-21(27)20-18-4-2-3-5-19(18)26(25-20)17-8-6-16(22)7-9-17/h6-14H,2-5H2,1H3,(H,24,27). The van der Waals surface area contributed by atoms with Crippen molar-refractivity contribution in [1.29, 1.82) is 0 Å². The van der Waals surface area contributed by atoms with Crippen LogP contribution in [0.5, 0.6) is 0 Å². The van der Waals surface area contributed by atoms with Crippen molar-refractivity contribution in [3.05, 3.63) is 75.8 Å². The summed E-state index contributed by atoms with van der Waals surface area (Å²) in [6, 6.07) is 11.8. The Morgan fingerprint density at radius 3 is 2.56 bits per heavy atom. The molecule has 0 radical (unpaired) electrons. The average molecular weight is 425 g/mol. The molecule has 3 aromatic rings. The molecule has 5 nitrogen and oxygen atoms in total. The van der Waals surface area contributed by atoms with Crippen molar-refractivity contribution in [1.82, 2.24) is 20.1 Å². The molecule has 0 saturated heterocycles. The Balaban J connectivity index is 1.66. The number of fused-ring (bicyclic) bond motifs is 1. The quantitative estimate of drug-likeness (QED) is 0.674. The van der Waals surface area contributed by atoms with Crippen molar-refractivity contribution in [2.75, 3.05) is 0 Å². The number of hydrogen-bond acceptors (Lipinski definition) is 3. The molecule has 27 heavy (non-hydrogen) atoms. The molecule has 1 aromatic carbocycles. The van der Waals surface area contributed by atoms with E-state index in [2.05, 4.69) is 26.2 Å². The van der Waals surface area contributed by atoms with Crippen molar-refractivity contribution in [2.45, 2.75) is 38.6 Å². The van der Waals surface area contributed by atoms with Gasteiger partial charge in [-0.25, -0.2) is 4.68 Å². The topological polar surface area (TPSA) is 59.8 Å². The number of aromatic nitrogens is 3. The fourth-order valence-corrected chi connectivity index (χ4v) is 3.84. The first-order valence-corrected chi connectivity index (χ1v) is 10.0. The van der Waals surface area contributed by atoms with Gasteiger partial charge in [-0.3, -0.25) is 9.78 Å². The zero-order valence-corrected chi connectivity index (χ0v) is 16.7.